The number of nitrogens with zero attached hydrogens (tertiary/aromatic N) is 3. The highest BCUT2D eigenvalue weighted by molar-refractivity contribution is 6.16. The number of benzene rings is 2. The van der Waals surface area contributed by atoms with E-state index in [1.54, 1.807) is 30.3 Å². The van der Waals surface area contributed by atoms with Gasteiger partial charge in [-0.15, -0.1) is 0 Å². The van der Waals surface area contributed by atoms with Crippen LogP contribution in [0.2, 0.25) is 0 Å². The van der Waals surface area contributed by atoms with Crippen molar-refractivity contribution in [2.24, 2.45) is 0 Å². The summed E-state index contributed by atoms with van der Waals surface area (Å²) in [6, 6.07) is 17.8. The van der Waals surface area contributed by atoms with Gasteiger partial charge >= 0.3 is 6.03 Å². The summed E-state index contributed by atoms with van der Waals surface area (Å²) in [6.45, 7) is 5.36. The van der Waals surface area contributed by atoms with Crippen LogP contribution in [0.3, 0.4) is 0 Å². The second kappa shape index (κ2) is 9.08. The zero-order valence-electron chi connectivity index (χ0n) is 19.0. The van der Waals surface area contributed by atoms with Crippen molar-refractivity contribution in [3.8, 4) is 11.8 Å². The summed E-state index contributed by atoms with van der Waals surface area (Å²) >= 11 is 0. The molecule has 8 heteroatoms. The van der Waals surface area contributed by atoms with E-state index in [9.17, 15) is 14.4 Å². The fourth-order valence-corrected chi connectivity index (χ4v) is 3.95. The first-order chi connectivity index (χ1) is 16.3. The topological polar surface area (TPSA) is 107 Å². The van der Waals surface area contributed by atoms with Gasteiger partial charge < -0.3 is 15.2 Å². The molecule has 4 amide bonds. The average Bonchev–Trinajstić information content (AvgIpc) is 3.23. The van der Waals surface area contributed by atoms with Gasteiger partial charge in [-0.25, -0.2) is 9.69 Å². The molecule has 3 aromatic rings. The fraction of sp³-hybridized carbons (Fsp3) is 0.154. The first kappa shape index (κ1) is 22.6. The van der Waals surface area contributed by atoms with E-state index in [2.05, 4.69) is 16.7 Å². The molecular weight excluding hydrogens is 430 g/mol. The predicted octanol–water partition coefficient (Wildman–Crippen LogP) is 3.81. The molecule has 0 spiro atoms. The van der Waals surface area contributed by atoms with Crippen LogP contribution in [0.1, 0.15) is 28.1 Å². The Hall–Kier alpha value is -4.64. The summed E-state index contributed by atoms with van der Waals surface area (Å²) in [4.78, 5) is 38.6. The first-order valence-electron chi connectivity index (χ1n) is 10.7. The molecule has 0 saturated carbocycles. The molecule has 1 fully saturated rings. The van der Waals surface area contributed by atoms with Gasteiger partial charge in [-0.3, -0.25) is 9.59 Å². The molecule has 0 atom stereocenters. The molecule has 170 valence electrons. The van der Waals surface area contributed by atoms with E-state index in [-0.39, 0.29) is 12.2 Å². The Balaban J connectivity index is 1.53. The molecule has 34 heavy (non-hydrogen) atoms. The van der Waals surface area contributed by atoms with E-state index < -0.39 is 17.8 Å². The van der Waals surface area contributed by atoms with Crippen molar-refractivity contribution in [3.05, 3.63) is 88.4 Å². The van der Waals surface area contributed by atoms with Gasteiger partial charge in [0.1, 0.15) is 12.2 Å². The number of urea groups is 1. The molecular formula is C26H23N5O3. The molecule has 2 heterocycles. The minimum atomic E-state index is -0.642. The molecule has 0 radical (unpaired) electrons. The van der Waals surface area contributed by atoms with Gasteiger partial charge in [-0.2, -0.15) is 5.26 Å². The van der Waals surface area contributed by atoms with Gasteiger partial charge in [0.05, 0.1) is 11.6 Å². The number of rotatable bonds is 5. The van der Waals surface area contributed by atoms with Gasteiger partial charge in [0.25, 0.3) is 5.91 Å². The van der Waals surface area contributed by atoms with Crippen LogP contribution in [0, 0.1) is 32.1 Å². The molecule has 0 aliphatic carbocycles. The Kier molecular flexibility index (Phi) is 6.02. The van der Waals surface area contributed by atoms with Crippen LogP contribution >= 0.6 is 0 Å². The molecule has 1 aliphatic heterocycles. The summed E-state index contributed by atoms with van der Waals surface area (Å²) in [5, 5.41) is 14.3. The SMILES string of the molecule is Cc1cccc(NC(=O)CN2C(=O)N/C(=C/c3cc(C)n(-c4ccc(C#N)cc4)c3C)C2=O)c1. The lowest BCUT2D eigenvalue weighted by Gasteiger charge is -2.12. The Morgan fingerprint density at radius 1 is 1.09 bits per heavy atom. The number of nitriles is 1. The van der Waals surface area contributed by atoms with Gasteiger partial charge in [-0.1, -0.05) is 12.1 Å². The van der Waals surface area contributed by atoms with Crippen molar-refractivity contribution in [1.82, 2.24) is 14.8 Å². The van der Waals surface area contributed by atoms with Crippen LogP contribution in [0.25, 0.3) is 11.8 Å². The van der Waals surface area contributed by atoms with Gasteiger partial charge in [-0.05, 0) is 80.4 Å². The van der Waals surface area contributed by atoms with E-state index in [4.69, 9.17) is 5.26 Å². The number of imide groups is 1. The molecule has 1 aromatic heterocycles. The van der Waals surface area contributed by atoms with Crippen LogP contribution in [0.4, 0.5) is 10.5 Å². The standard InChI is InChI=1S/C26H23N5O3/c1-16-5-4-6-21(11-16)28-24(32)15-30-25(33)23(29-26(30)34)13-20-12-17(2)31(18(20)3)22-9-7-19(14-27)8-10-22/h4-13H,15H2,1-3H3,(H,28,32)(H,29,34)/b23-13+. The fourth-order valence-electron chi connectivity index (χ4n) is 3.95. The number of carbonyl (C=O) groups excluding carboxylic acids is 3. The number of anilines is 1. The minimum Gasteiger partial charge on any atom is -0.325 e. The molecule has 0 unspecified atom stereocenters. The summed E-state index contributed by atoms with van der Waals surface area (Å²) in [7, 11) is 0. The lowest BCUT2D eigenvalue weighted by atomic mass is 10.2. The van der Waals surface area contributed by atoms with E-state index in [1.165, 1.54) is 0 Å². The van der Waals surface area contributed by atoms with Gasteiger partial charge in [0.2, 0.25) is 5.91 Å². The number of nitrogens with one attached hydrogen (secondary N) is 2. The van der Waals surface area contributed by atoms with Crippen LogP contribution in [0.15, 0.2) is 60.3 Å². The highest BCUT2D eigenvalue weighted by Gasteiger charge is 2.35. The Bertz CT molecular complexity index is 1380. The van der Waals surface area contributed by atoms with Crippen LogP contribution < -0.4 is 10.6 Å². The highest BCUT2D eigenvalue weighted by atomic mass is 16.2. The molecule has 2 aromatic carbocycles. The molecule has 1 aliphatic rings. The Morgan fingerprint density at radius 3 is 2.50 bits per heavy atom. The molecule has 8 nitrogen and oxygen atoms in total. The predicted molar refractivity (Wildman–Crippen MR) is 128 cm³/mol. The molecule has 2 N–H and O–H groups in total. The van der Waals surface area contributed by atoms with E-state index in [1.807, 2.05) is 55.7 Å². The van der Waals surface area contributed by atoms with E-state index >= 15 is 0 Å². The second-order valence-corrected chi connectivity index (χ2v) is 8.12. The molecule has 1 saturated heterocycles. The zero-order chi connectivity index (χ0) is 24.4. The quantitative estimate of drug-likeness (QED) is 0.452. The van der Waals surface area contributed by atoms with Gasteiger partial charge in [0, 0.05) is 22.8 Å². The molecule has 0 bridgehead atoms. The third-order valence-corrected chi connectivity index (χ3v) is 5.59. The lowest BCUT2D eigenvalue weighted by molar-refractivity contribution is -0.127. The van der Waals surface area contributed by atoms with Crippen LogP contribution in [0.5, 0.6) is 0 Å². The summed E-state index contributed by atoms with van der Waals surface area (Å²) < 4.78 is 2.00. The number of aromatic nitrogens is 1. The van der Waals surface area contributed by atoms with Crippen molar-refractivity contribution in [3.63, 3.8) is 0 Å². The lowest BCUT2D eigenvalue weighted by Crippen LogP contribution is -2.38. The first-order valence-corrected chi connectivity index (χ1v) is 10.7. The van der Waals surface area contributed by atoms with Crippen LogP contribution in [-0.4, -0.2) is 33.9 Å². The number of aryl methyl sites for hydroxylation is 2. The summed E-state index contributed by atoms with van der Waals surface area (Å²) in [6.07, 6.45) is 1.61. The third-order valence-electron chi connectivity index (χ3n) is 5.59. The zero-order valence-corrected chi connectivity index (χ0v) is 19.0. The maximum absolute atomic E-state index is 12.9. The van der Waals surface area contributed by atoms with Crippen molar-refractivity contribution < 1.29 is 14.4 Å². The largest absolute Gasteiger partial charge is 0.329 e. The Morgan fingerprint density at radius 2 is 1.82 bits per heavy atom. The number of carbonyl (C=O) groups is 3. The number of hydrogen-bond donors (Lipinski definition) is 2. The minimum absolute atomic E-state index is 0.105. The smallest absolute Gasteiger partial charge is 0.325 e. The normalized spacial score (nSPS) is 14.3. The molecule has 4 rings (SSSR count). The summed E-state index contributed by atoms with van der Waals surface area (Å²) in [5.41, 5.74) is 5.70. The Labute approximate surface area is 197 Å². The van der Waals surface area contributed by atoms with Crippen molar-refractivity contribution in [1.29, 1.82) is 5.26 Å². The summed E-state index contributed by atoms with van der Waals surface area (Å²) in [5.74, 6) is -1.03. The van der Waals surface area contributed by atoms with E-state index in [0.29, 0.717) is 11.3 Å². The average molecular weight is 454 g/mol. The van der Waals surface area contributed by atoms with Crippen molar-refractivity contribution in [2.75, 3.05) is 11.9 Å². The maximum Gasteiger partial charge on any atom is 0.329 e. The third kappa shape index (κ3) is 4.45. The van der Waals surface area contributed by atoms with E-state index in [0.717, 1.165) is 33.1 Å². The second-order valence-electron chi connectivity index (χ2n) is 8.12. The van der Waals surface area contributed by atoms with Crippen molar-refractivity contribution in [2.45, 2.75) is 20.8 Å². The van der Waals surface area contributed by atoms with Gasteiger partial charge in [0.15, 0.2) is 0 Å². The highest BCUT2D eigenvalue weighted by Crippen LogP contribution is 2.24. The van der Waals surface area contributed by atoms with Crippen molar-refractivity contribution >= 4 is 29.6 Å². The number of amides is 4. The number of hydrogen-bond acceptors (Lipinski definition) is 4. The monoisotopic (exact) mass is 453 g/mol. The maximum atomic E-state index is 12.9. The van der Waals surface area contributed by atoms with Crippen LogP contribution in [-0.2, 0) is 9.59 Å².